The molecular formula is C23H28BrN9O4. The molecule has 2 aromatic rings. The fraction of sp³-hybridized carbons (Fsp3) is 0.391. The first kappa shape index (κ1) is 26.1. The van der Waals surface area contributed by atoms with E-state index in [0.717, 1.165) is 31.6 Å². The third-order valence-corrected chi connectivity index (χ3v) is 6.30. The first-order valence-electron chi connectivity index (χ1n) is 11.9. The molecule has 0 saturated carbocycles. The number of likely N-dealkylation sites (tertiary alicyclic amines) is 1. The molecule has 196 valence electrons. The van der Waals surface area contributed by atoms with E-state index in [9.17, 15) is 19.2 Å². The van der Waals surface area contributed by atoms with Gasteiger partial charge in [-0.3, -0.25) is 14.9 Å². The average molecular weight is 574 g/mol. The van der Waals surface area contributed by atoms with Crippen molar-refractivity contribution in [1.82, 2.24) is 30.8 Å². The molecule has 0 bridgehead atoms. The van der Waals surface area contributed by atoms with E-state index in [1.165, 1.54) is 0 Å². The smallest absolute Gasteiger partial charge is 0.322 e. The van der Waals surface area contributed by atoms with Gasteiger partial charge in [-0.15, -0.1) is 0 Å². The third-order valence-electron chi connectivity index (χ3n) is 5.72. The molecule has 1 aromatic carbocycles. The predicted octanol–water partition coefficient (Wildman–Crippen LogP) is 2.13. The Bertz CT molecular complexity index is 1170. The summed E-state index contributed by atoms with van der Waals surface area (Å²) in [7, 11) is 0. The van der Waals surface area contributed by atoms with Gasteiger partial charge in [-0.25, -0.2) is 14.6 Å². The number of nitrogens with zero attached hydrogens (tertiary/aromatic N) is 3. The largest absolute Gasteiger partial charge is 0.369 e. The summed E-state index contributed by atoms with van der Waals surface area (Å²) in [6.07, 6.45) is 4.18. The van der Waals surface area contributed by atoms with E-state index >= 15 is 0 Å². The highest BCUT2D eigenvalue weighted by molar-refractivity contribution is 9.10. The van der Waals surface area contributed by atoms with Crippen LogP contribution < -0.4 is 31.9 Å². The van der Waals surface area contributed by atoms with E-state index in [2.05, 4.69) is 57.8 Å². The zero-order valence-corrected chi connectivity index (χ0v) is 21.6. The summed E-state index contributed by atoms with van der Waals surface area (Å²) in [6.45, 7) is 2.46. The van der Waals surface area contributed by atoms with Gasteiger partial charge in [-0.2, -0.15) is 4.98 Å². The van der Waals surface area contributed by atoms with E-state index in [1.54, 1.807) is 11.1 Å². The van der Waals surface area contributed by atoms with Gasteiger partial charge in [-0.05, 0) is 53.4 Å². The minimum atomic E-state index is -0.837. The van der Waals surface area contributed by atoms with Gasteiger partial charge in [0, 0.05) is 43.8 Å². The number of carbonyl (C=O) groups excluding carboxylic acids is 4. The molecule has 6 N–H and O–H groups in total. The van der Waals surface area contributed by atoms with Gasteiger partial charge in [0.1, 0.15) is 11.9 Å². The molecule has 6 amide bonds. The van der Waals surface area contributed by atoms with Crippen LogP contribution in [0.1, 0.15) is 25.7 Å². The highest BCUT2D eigenvalue weighted by atomic mass is 79.9. The number of halogens is 1. The molecule has 0 spiro atoms. The second-order valence-corrected chi connectivity index (χ2v) is 9.42. The maximum atomic E-state index is 12.4. The predicted molar refractivity (Wildman–Crippen MR) is 140 cm³/mol. The van der Waals surface area contributed by atoms with E-state index in [-0.39, 0.29) is 18.4 Å². The van der Waals surface area contributed by atoms with Crippen molar-refractivity contribution in [3.63, 3.8) is 0 Å². The number of rotatable bonds is 10. The molecule has 1 unspecified atom stereocenters. The lowest BCUT2D eigenvalue weighted by molar-refractivity contribution is -0.126. The van der Waals surface area contributed by atoms with Crippen LogP contribution in [0.25, 0.3) is 0 Å². The van der Waals surface area contributed by atoms with Crippen LogP contribution in [0.3, 0.4) is 0 Å². The number of amides is 6. The number of hydrogen-bond donors (Lipinski definition) is 6. The Hall–Kier alpha value is -3.94. The quantitative estimate of drug-likeness (QED) is 0.185. The van der Waals surface area contributed by atoms with Crippen LogP contribution in [0, 0.1) is 0 Å². The van der Waals surface area contributed by atoms with Crippen LogP contribution >= 0.6 is 15.9 Å². The van der Waals surface area contributed by atoms with Crippen molar-refractivity contribution >= 4 is 62.9 Å². The summed E-state index contributed by atoms with van der Waals surface area (Å²) in [5, 5.41) is 16.5. The number of carbonyl (C=O) groups is 4. The maximum absolute atomic E-state index is 12.4. The van der Waals surface area contributed by atoms with Crippen molar-refractivity contribution in [2.24, 2.45) is 0 Å². The molecular weight excluding hydrogens is 546 g/mol. The Kier molecular flexibility index (Phi) is 8.72. The normalized spacial score (nSPS) is 16.7. The van der Waals surface area contributed by atoms with E-state index in [1.807, 2.05) is 24.3 Å². The average Bonchev–Trinajstić information content (AvgIpc) is 3.51. The van der Waals surface area contributed by atoms with E-state index in [4.69, 9.17) is 0 Å². The molecule has 13 nitrogen and oxygen atoms in total. The lowest BCUT2D eigenvalue weighted by Crippen LogP contribution is -2.36. The van der Waals surface area contributed by atoms with E-state index < -0.39 is 18.0 Å². The SMILES string of the molecule is O=C(CC1NC(=O)NC1=O)NCCCNc1nc(Nc2cccc(NC(=O)N3CCCC3)c2)ncc1Br. The van der Waals surface area contributed by atoms with Gasteiger partial charge >= 0.3 is 12.1 Å². The molecule has 2 saturated heterocycles. The molecule has 14 heteroatoms. The Morgan fingerprint density at radius 3 is 2.68 bits per heavy atom. The fourth-order valence-electron chi connectivity index (χ4n) is 3.86. The molecule has 4 rings (SSSR count). The second-order valence-electron chi connectivity index (χ2n) is 8.57. The minimum absolute atomic E-state index is 0.104. The van der Waals surface area contributed by atoms with Crippen LogP contribution in [0.2, 0.25) is 0 Å². The summed E-state index contributed by atoms with van der Waals surface area (Å²) >= 11 is 3.43. The highest BCUT2D eigenvalue weighted by Crippen LogP contribution is 2.23. The van der Waals surface area contributed by atoms with Gasteiger partial charge in [0.05, 0.1) is 10.9 Å². The molecule has 2 fully saturated rings. The highest BCUT2D eigenvalue weighted by Gasteiger charge is 2.31. The number of nitrogens with one attached hydrogen (secondary N) is 6. The monoisotopic (exact) mass is 573 g/mol. The number of imide groups is 1. The standard InChI is InChI=1S/C23H28BrN9O4/c24-16-13-27-21(28-14-5-3-6-15(11-14)29-23(37)33-9-1-2-10-33)31-19(16)26-8-4-7-25-18(34)12-17-20(35)32-22(36)30-17/h3,5-6,11,13,17H,1-2,4,7-10,12H2,(H,25,34)(H,29,37)(H2,26,27,28,31)(H2,30,32,35,36). The van der Waals surface area contributed by atoms with E-state index in [0.29, 0.717) is 41.4 Å². The Morgan fingerprint density at radius 2 is 1.92 bits per heavy atom. The zero-order chi connectivity index (χ0) is 26.2. The van der Waals surface area contributed by atoms with Crippen molar-refractivity contribution in [3.8, 4) is 0 Å². The number of aromatic nitrogens is 2. The molecule has 1 aromatic heterocycles. The third kappa shape index (κ3) is 7.52. The molecule has 0 radical (unpaired) electrons. The lowest BCUT2D eigenvalue weighted by Gasteiger charge is -2.16. The minimum Gasteiger partial charge on any atom is -0.369 e. The zero-order valence-electron chi connectivity index (χ0n) is 20.0. The number of hydrogen-bond acceptors (Lipinski definition) is 8. The van der Waals surface area contributed by atoms with Crippen molar-refractivity contribution < 1.29 is 19.2 Å². The van der Waals surface area contributed by atoms with Crippen molar-refractivity contribution in [1.29, 1.82) is 0 Å². The van der Waals surface area contributed by atoms with Crippen molar-refractivity contribution in [2.45, 2.75) is 31.7 Å². The van der Waals surface area contributed by atoms with Crippen LogP contribution in [0.15, 0.2) is 34.9 Å². The fourth-order valence-corrected chi connectivity index (χ4v) is 4.19. The first-order valence-corrected chi connectivity index (χ1v) is 12.7. The van der Waals surface area contributed by atoms with Gasteiger partial charge < -0.3 is 31.5 Å². The number of anilines is 4. The van der Waals surface area contributed by atoms with Crippen LogP contribution in [0.5, 0.6) is 0 Å². The van der Waals surface area contributed by atoms with Gasteiger partial charge in [0.15, 0.2) is 0 Å². The molecule has 3 heterocycles. The van der Waals surface area contributed by atoms with Gasteiger partial charge in [-0.1, -0.05) is 6.07 Å². The van der Waals surface area contributed by atoms with Crippen LogP contribution in [-0.2, 0) is 9.59 Å². The summed E-state index contributed by atoms with van der Waals surface area (Å²) in [5.74, 6) is 0.126. The summed E-state index contributed by atoms with van der Waals surface area (Å²) in [6, 6.07) is 5.80. The molecule has 37 heavy (non-hydrogen) atoms. The van der Waals surface area contributed by atoms with Crippen LogP contribution in [0.4, 0.5) is 32.7 Å². The summed E-state index contributed by atoms with van der Waals surface area (Å²) in [4.78, 5) is 57.5. The molecule has 0 aliphatic carbocycles. The molecule has 2 aliphatic heterocycles. The Morgan fingerprint density at radius 1 is 1.14 bits per heavy atom. The van der Waals surface area contributed by atoms with Gasteiger partial charge in [0.25, 0.3) is 5.91 Å². The summed E-state index contributed by atoms with van der Waals surface area (Å²) < 4.78 is 0.678. The lowest BCUT2D eigenvalue weighted by atomic mass is 10.2. The maximum Gasteiger partial charge on any atom is 0.322 e. The van der Waals surface area contributed by atoms with Crippen molar-refractivity contribution in [3.05, 3.63) is 34.9 Å². The molecule has 1 atom stereocenters. The number of benzene rings is 1. The summed E-state index contributed by atoms with van der Waals surface area (Å²) in [5.41, 5.74) is 1.40. The van der Waals surface area contributed by atoms with Crippen LogP contribution in [-0.4, -0.2) is 71.0 Å². The van der Waals surface area contributed by atoms with Crippen molar-refractivity contribution in [2.75, 3.05) is 42.1 Å². The van der Waals surface area contributed by atoms with Gasteiger partial charge in [0.2, 0.25) is 11.9 Å². The second kappa shape index (κ2) is 12.3. The Balaban J connectivity index is 1.22. The Labute approximate surface area is 221 Å². The first-order chi connectivity index (χ1) is 17.9. The number of urea groups is 2. The molecule has 2 aliphatic rings. The topological polar surface area (TPSA) is 169 Å².